The Morgan fingerprint density at radius 1 is 1.00 bits per heavy atom. The molecule has 0 amide bonds. The highest BCUT2D eigenvalue weighted by atomic mass is 32.2. The van der Waals surface area contributed by atoms with Crippen LogP contribution < -0.4 is 0 Å². The molecule has 0 unspecified atom stereocenters. The first-order chi connectivity index (χ1) is 9.91. The minimum absolute atomic E-state index is 0.180. The van der Waals surface area contributed by atoms with E-state index >= 15 is 0 Å². The first-order valence-corrected chi connectivity index (χ1v) is 8.29. The molecule has 1 N–H and O–H groups in total. The van der Waals surface area contributed by atoms with Crippen molar-refractivity contribution in [3.05, 3.63) is 59.7 Å². The van der Waals surface area contributed by atoms with Gasteiger partial charge in [-0.2, -0.15) is 0 Å². The molecule has 0 fully saturated rings. The van der Waals surface area contributed by atoms with Crippen molar-refractivity contribution >= 4 is 11.8 Å². The van der Waals surface area contributed by atoms with E-state index in [9.17, 15) is 5.11 Å². The first kappa shape index (κ1) is 16.1. The predicted octanol–water partition coefficient (Wildman–Crippen LogP) is 5.58. The van der Waals surface area contributed by atoms with Gasteiger partial charge in [-0.1, -0.05) is 69.8 Å². The van der Waals surface area contributed by atoms with Gasteiger partial charge in [0.05, 0.1) is 6.10 Å². The van der Waals surface area contributed by atoms with Crippen molar-refractivity contribution in [2.75, 3.05) is 0 Å². The van der Waals surface area contributed by atoms with Crippen LogP contribution in [0.1, 0.15) is 51.3 Å². The fourth-order valence-electron chi connectivity index (χ4n) is 2.22. The van der Waals surface area contributed by atoms with E-state index in [0.717, 1.165) is 16.9 Å². The molecule has 21 heavy (non-hydrogen) atoms. The number of aliphatic hydroxyl groups is 1. The Balaban J connectivity index is 2.23. The number of benzene rings is 2. The Bertz CT molecular complexity index is 581. The molecule has 0 saturated carbocycles. The SMILES string of the molecule is CC[C@H](O)c1ccccc1Sc1ccc(C(C)(C)C)cc1. The van der Waals surface area contributed by atoms with Gasteiger partial charge < -0.3 is 5.11 Å². The van der Waals surface area contributed by atoms with Crippen molar-refractivity contribution in [1.29, 1.82) is 0 Å². The lowest BCUT2D eigenvalue weighted by atomic mass is 9.87. The van der Waals surface area contributed by atoms with Crippen LogP contribution in [0.2, 0.25) is 0 Å². The minimum atomic E-state index is -0.387. The largest absolute Gasteiger partial charge is 0.388 e. The molecule has 0 aliphatic carbocycles. The second kappa shape index (κ2) is 6.67. The van der Waals surface area contributed by atoms with Gasteiger partial charge in [0.1, 0.15) is 0 Å². The van der Waals surface area contributed by atoms with Gasteiger partial charge in [-0.15, -0.1) is 0 Å². The summed E-state index contributed by atoms with van der Waals surface area (Å²) in [6.07, 6.45) is 0.350. The van der Waals surface area contributed by atoms with E-state index in [1.165, 1.54) is 10.5 Å². The van der Waals surface area contributed by atoms with Crippen LogP contribution in [-0.2, 0) is 5.41 Å². The van der Waals surface area contributed by atoms with Crippen molar-refractivity contribution in [3.63, 3.8) is 0 Å². The number of rotatable bonds is 4. The van der Waals surface area contributed by atoms with E-state index < -0.39 is 0 Å². The average molecular weight is 300 g/mol. The molecule has 0 spiro atoms. The maximum atomic E-state index is 10.1. The smallest absolute Gasteiger partial charge is 0.0798 e. The van der Waals surface area contributed by atoms with Crippen LogP contribution >= 0.6 is 11.8 Å². The molecule has 0 aliphatic rings. The molecule has 2 heteroatoms. The first-order valence-electron chi connectivity index (χ1n) is 7.47. The maximum absolute atomic E-state index is 10.1. The topological polar surface area (TPSA) is 20.2 Å². The summed E-state index contributed by atoms with van der Waals surface area (Å²) in [5.41, 5.74) is 2.54. The molecule has 2 rings (SSSR count). The molecule has 2 aromatic carbocycles. The third-order valence-corrected chi connectivity index (χ3v) is 4.71. The van der Waals surface area contributed by atoms with Gasteiger partial charge in [0.25, 0.3) is 0 Å². The highest BCUT2D eigenvalue weighted by Gasteiger charge is 2.14. The van der Waals surface area contributed by atoms with Gasteiger partial charge >= 0.3 is 0 Å². The molecule has 0 radical (unpaired) electrons. The van der Waals surface area contributed by atoms with E-state index in [4.69, 9.17) is 0 Å². The lowest BCUT2D eigenvalue weighted by Crippen LogP contribution is -2.10. The molecule has 0 heterocycles. The van der Waals surface area contributed by atoms with E-state index in [1.54, 1.807) is 11.8 Å². The summed E-state index contributed by atoms with van der Waals surface area (Å²) in [4.78, 5) is 2.34. The van der Waals surface area contributed by atoms with Crippen LogP contribution in [0.5, 0.6) is 0 Å². The molecule has 0 aromatic heterocycles. The Morgan fingerprint density at radius 2 is 1.62 bits per heavy atom. The second-order valence-corrected chi connectivity index (χ2v) is 7.45. The third kappa shape index (κ3) is 4.12. The van der Waals surface area contributed by atoms with Gasteiger partial charge in [-0.05, 0) is 41.2 Å². The van der Waals surface area contributed by atoms with Crippen LogP contribution in [0.4, 0.5) is 0 Å². The predicted molar refractivity (Wildman–Crippen MR) is 91.0 cm³/mol. The van der Waals surface area contributed by atoms with Crippen LogP contribution in [-0.4, -0.2) is 5.11 Å². The third-order valence-electron chi connectivity index (χ3n) is 3.61. The quantitative estimate of drug-likeness (QED) is 0.795. The normalized spacial score (nSPS) is 13.2. The zero-order valence-electron chi connectivity index (χ0n) is 13.3. The molecular formula is C19H24OS. The summed E-state index contributed by atoms with van der Waals surface area (Å²) in [5.74, 6) is 0. The molecule has 0 saturated heterocycles. The Hall–Kier alpha value is -1.25. The van der Waals surface area contributed by atoms with Crippen LogP contribution in [0.3, 0.4) is 0 Å². The summed E-state index contributed by atoms with van der Waals surface area (Å²) in [6.45, 7) is 8.68. The molecule has 2 aromatic rings. The summed E-state index contributed by atoms with van der Waals surface area (Å²) >= 11 is 1.72. The Kier molecular flexibility index (Phi) is 5.13. The number of hydrogen-bond acceptors (Lipinski definition) is 2. The Morgan fingerprint density at radius 3 is 2.19 bits per heavy atom. The number of aliphatic hydroxyl groups excluding tert-OH is 1. The molecule has 0 bridgehead atoms. The lowest BCUT2D eigenvalue weighted by Gasteiger charge is -2.19. The van der Waals surface area contributed by atoms with E-state index in [1.807, 2.05) is 25.1 Å². The molecule has 112 valence electrons. The monoisotopic (exact) mass is 300 g/mol. The summed E-state index contributed by atoms with van der Waals surface area (Å²) in [6, 6.07) is 16.8. The lowest BCUT2D eigenvalue weighted by molar-refractivity contribution is 0.171. The molecule has 1 nitrogen and oxygen atoms in total. The van der Waals surface area contributed by atoms with Gasteiger partial charge in [0.15, 0.2) is 0 Å². The van der Waals surface area contributed by atoms with Crippen LogP contribution in [0.15, 0.2) is 58.3 Å². The summed E-state index contributed by atoms with van der Waals surface area (Å²) in [5, 5.41) is 10.1. The van der Waals surface area contributed by atoms with Gasteiger partial charge in [-0.25, -0.2) is 0 Å². The zero-order valence-corrected chi connectivity index (χ0v) is 14.1. The van der Waals surface area contributed by atoms with Gasteiger partial charge in [0.2, 0.25) is 0 Å². The van der Waals surface area contributed by atoms with Crippen molar-refractivity contribution in [1.82, 2.24) is 0 Å². The minimum Gasteiger partial charge on any atom is -0.388 e. The summed E-state index contributed by atoms with van der Waals surface area (Å²) < 4.78 is 0. The zero-order chi connectivity index (χ0) is 15.5. The van der Waals surface area contributed by atoms with E-state index in [0.29, 0.717) is 0 Å². The van der Waals surface area contributed by atoms with Crippen LogP contribution in [0.25, 0.3) is 0 Å². The Labute approximate surface area is 132 Å². The summed E-state index contributed by atoms with van der Waals surface area (Å²) in [7, 11) is 0. The fourth-order valence-corrected chi connectivity index (χ4v) is 3.21. The van der Waals surface area contributed by atoms with Crippen molar-refractivity contribution in [2.24, 2.45) is 0 Å². The standard InChI is InChI=1S/C19H24OS/c1-5-17(20)16-8-6-7-9-18(16)21-15-12-10-14(11-13-15)19(2,3)4/h6-13,17,20H,5H2,1-4H3/t17-/m0/s1. The van der Waals surface area contributed by atoms with Crippen molar-refractivity contribution < 1.29 is 5.11 Å². The molecule has 1 atom stereocenters. The molecular weight excluding hydrogens is 276 g/mol. The molecule has 0 aliphatic heterocycles. The second-order valence-electron chi connectivity index (χ2n) is 6.34. The number of hydrogen-bond donors (Lipinski definition) is 1. The van der Waals surface area contributed by atoms with E-state index in [-0.39, 0.29) is 11.5 Å². The fraction of sp³-hybridized carbons (Fsp3) is 0.368. The van der Waals surface area contributed by atoms with Gasteiger partial charge in [0, 0.05) is 9.79 Å². The van der Waals surface area contributed by atoms with Crippen LogP contribution in [0, 0.1) is 0 Å². The van der Waals surface area contributed by atoms with Crippen molar-refractivity contribution in [3.8, 4) is 0 Å². The highest BCUT2D eigenvalue weighted by Crippen LogP contribution is 2.35. The highest BCUT2D eigenvalue weighted by molar-refractivity contribution is 7.99. The maximum Gasteiger partial charge on any atom is 0.0798 e. The van der Waals surface area contributed by atoms with Gasteiger partial charge in [-0.3, -0.25) is 0 Å². The van der Waals surface area contributed by atoms with Crippen molar-refractivity contribution in [2.45, 2.75) is 55.4 Å². The average Bonchev–Trinajstić information content (AvgIpc) is 2.46. The van der Waals surface area contributed by atoms with E-state index in [2.05, 4.69) is 51.1 Å².